The van der Waals surface area contributed by atoms with E-state index in [1.165, 1.54) is 24.8 Å². The Balaban J connectivity index is 2.91. The summed E-state index contributed by atoms with van der Waals surface area (Å²) in [5.41, 5.74) is 0.0148. The van der Waals surface area contributed by atoms with E-state index in [0.29, 0.717) is 17.7 Å². The molecule has 0 spiro atoms. The third-order valence-corrected chi connectivity index (χ3v) is 5.02. The van der Waals surface area contributed by atoms with Crippen LogP contribution in [0.2, 0.25) is 5.02 Å². The minimum atomic E-state index is -4.78. The standard InChI is InChI=1S/C22H23ClF3NO3/c1-5-27(14(3)28)12-18-17(16-9-7-6-8-10-16)11-19(23)21(22(24,25)26)20(18)13(2)30-15(4)29/h6-11,13H,5,12H2,1-4H3. The second kappa shape index (κ2) is 9.51. The van der Waals surface area contributed by atoms with Crippen LogP contribution in [0, 0.1) is 0 Å². The highest BCUT2D eigenvalue weighted by Crippen LogP contribution is 2.45. The van der Waals surface area contributed by atoms with Crippen LogP contribution in [-0.4, -0.2) is 23.3 Å². The van der Waals surface area contributed by atoms with E-state index in [4.69, 9.17) is 16.3 Å². The van der Waals surface area contributed by atoms with Gasteiger partial charge in [0.25, 0.3) is 0 Å². The Bertz CT molecular complexity index is 929. The van der Waals surface area contributed by atoms with Crippen LogP contribution in [0.3, 0.4) is 0 Å². The third-order valence-electron chi connectivity index (χ3n) is 4.72. The molecule has 30 heavy (non-hydrogen) atoms. The van der Waals surface area contributed by atoms with E-state index in [1.807, 2.05) is 0 Å². The number of alkyl halides is 3. The lowest BCUT2D eigenvalue weighted by molar-refractivity contribution is -0.149. The average Bonchev–Trinajstić information content (AvgIpc) is 2.64. The van der Waals surface area contributed by atoms with Gasteiger partial charge >= 0.3 is 12.1 Å². The third kappa shape index (κ3) is 5.33. The molecule has 2 aromatic carbocycles. The number of amides is 1. The zero-order chi connectivity index (χ0) is 22.6. The predicted molar refractivity (Wildman–Crippen MR) is 109 cm³/mol. The summed E-state index contributed by atoms with van der Waals surface area (Å²) in [6.07, 6.45) is -6.00. The summed E-state index contributed by atoms with van der Waals surface area (Å²) in [6.45, 7) is 5.79. The van der Waals surface area contributed by atoms with Crippen molar-refractivity contribution in [2.24, 2.45) is 0 Å². The van der Waals surface area contributed by atoms with Gasteiger partial charge in [-0.15, -0.1) is 0 Å². The quantitative estimate of drug-likeness (QED) is 0.515. The smallest absolute Gasteiger partial charge is 0.418 e. The fourth-order valence-corrected chi connectivity index (χ4v) is 3.76. The van der Waals surface area contributed by atoms with Gasteiger partial charge in [-0.05, 0) is 36.6 Å². The molecule has 1 amide bonds. The Morgan fingerprint density at radius 2 is 1.77 bits per heavy atom. The lowest BCUT2D eigenvalue weighted by Crippen LogP contribution is -2.29. The molecule has 1 atom stereocenters. The first-order valence-electron chi connectivity index (χ1n) is 9.37. The molecule has 0 aliphatic carbocycles. The zero-order valence-electron chi connectivity index (χ0n) is 17.1. The molecule has 2 rings (SSSR count). The van der Waals surface area contributed by atoms with Crippen LogP contribution in [0.1, 0.15) is 50.5 Å². The van der Waals surface area contributed by atoms with E-state index in [2.05, 4.69) is 0 Å². The molecule has 1 unspecified atom stereocenters. The number of nitrogens with zero attached hydrogens (tertiary/aromatic N) is 1. The number of carbonyl (C=O) groups is 2. The first-order chi connectivity index (χ1) is 14.0. The SMILES string of the molecule is CCN(Cc1c(-c2ccccc2)cc(Cl)c(C(F)(F)F)c1C(C)OC(C)=O)C(C)=O. The summed E-state index contributed by atoms with van der Waals surface area (Å²) in [7, 11) is 0. The molecule has 2 aromatic rings. The van der Waals surface area contributed by atoms with Gasteiger partial charge in [0.2, 0.25) is 5.91 Å². The van der Waals surface area contributed by atoms with Crippen LogP contribution < -0.4 is 0 Å². The summed E-state index contributed by atoms with van der Waals surface area (Å²) in [6, 6.07) is 10.0. The van der Waals surface area contributed by atoms with Crippen LogP contribution in [0.5, 0.6) is 0 Å². The minimum absolute atomic E-state index is 0.0861. The van der Waals surface area contributed by atoms with E-state index >= 15 is 0 Å². The molecular weight excluding hydrogens is 419 g/mol. The molecule has 0 heterocycles. The number of carbonyl (C=O) groups excluding carboxylic acids is 2. The highest BCUT2D eigenvalue weighted by Gasteiger charge is 2.40. The monoisotopic (exact) mass is 441 g/mol. The van der Waals surface area contributed by atoms with Crippen LogP contribution >= 0.6 is 11.6 Å². The number of halogens is 4. The second-order valence-corrected chi connectivity index (χ2v) is 7.23. The Morgan fingerprint density at radius 3 is 2.23 bits per heavy atom. The van der Waals surface area contributed by atoms with Gasteiger partial charge in [0.1, 0.15) is 6.10 Å². The lowest BCUT2D eigenvalue weighted by Gasteiger charge is -2.28. The Kier molecular flexibility index (Phi) is 7.53. The van der Waals surface area contributed by atoms with E-state index in [9.17, 15) is 22.8 Å². The summed E-state index contributed by atoms with van der Waals surface area (Å²) in [5.74, 6) is -1.01. The number of rotatable bonds is 6. The van der Waals surface area contributed by atoms with Crippen molar-refractivity contribution in [3.8, 4) is 11.1 Å². The fraction of sp³-hybridized carbons (Fsp3) is 0.364. The van der Waals surface area contributed by atoms with Crippen molar-refractivity contribution in [1.29, 1.82) is 0 Å². The summed E-state index contributed by atoms with van der Waals surface area (Å²) in [4.78, 5) is 25.0. The molecule has 8 heteroatoms. The highest BCUT2D eigenvalue weighted by molar-refractivity contribution is 6.32. The number of esters is 1. The number of hydrogen-bond acceptors (Lipinski definition) is 3. The van der Waals surface area contributed by atoms with E-state index in [1.54, 1.807) is 37.3 Å². The first-order valence-corrected chi connectivity index (χ1v) is 9.75. The van der Waals surface area contributed by atoms with Gasteiger partial charge in [0, 0.05) is 32.5 Å². The molecule has 0 saturated carbocycles. The van der Waals surface area contributed by atoms with Gasteiger partial charge in [0.05, 0.1) is 10.6 Å². The molecule has 0 saturated heterocycles. The van der Waals surface area contributed by atoms with E-state index < -0.39 is 28.8 Å². The molecule has 0 aromatic heterocycles. The maximum atomic E-state index is 14.0. The number of hydrogen-bond donors (Lipinski definition) is 0. The van der Waals surface area contributed by atoms with Crippen molar-refractivity contribution >= 4 is 23.5 Å². The molecular formula is C22H23ClF3NO3. The van der Waals surface area contributed by atoms with E-state index in [-0.39, 0.29) is 23.6 Å². The largest absolute Gasteiger partial charge is 0.458 e. The predicted octanol–water partition coefficient (Wildman–Crippen LogP) is 6.02. The summed E-state index contributed by atoms with van der Waals surface area (Å²) >= 11 is 6.11. The summed E-state index contributed by atoms with van der Waals surface area (Å²) < 4.78 is 47.1. The van der Waals surface area contributed by atoms with Crippen molar-refractivity contribution in [2.45, 2.75) is 46.5 Å². The van der Waals surface area contributed by atoms with Gasteiger partial charge in [-0.25, -0.2) is 0 Å². The number of ether oxygens (including phenoxy) is 1. The van der Waals surface area contributed by atoms with Crippen LogP contribution in [-0.2, 0) is 27.0 Å². The molecule has 0 N–H and O–H groups in total. The van der Waals surface area contributed by atoms with Crippen molar-refractivity contribution in [2.75, 3.05) is 6.54 Å². The average molecular weight is 442 g/mol. The molecule has 0 bridgehead atoms. The van der Waals surface area contributed by atoms with Gasteiger partial charge < -0.3 is 9.64 Å². The maximum Gasteiger partial charge on any atom is 0.418 e. The van der Waals surface area contributed by atoms with Gasteiger partial charge in [-0.1, -0.05) is 41.9 Å². The Labute approximate surface area is 178 Å². The van der Waals surface area contributed by atoms with Gasteiger partial charge in [-0.2, -0.15) is 13.2 Å². The van der Waals surface area contributed by atoms with Crippen molar-refractivity contribution in [3.05, 3.63) is 58.1 Å². The fourth-order valence-electron chi connectivity index (χ4n) is 3.44. The van der Waals surface area contributed by atoms with Crippen LogP contribution in [0.25, 0.3) is 11.1 Å². The maximum absolute atomic E-state index is 14.0. The van der Waals surface area contributed by atoms with Crippen molar-refractivity contribution in [1.82, 2.24) is 4.90 Å². The van der Waals surface area contributed by atoms with Crippen LogP contribution in [0.4, 0.5) is 13.2 Å². The normalized spacial score (nSPS) is 12.4. The molecule has 4 nitrogen and oxygen atoms in total. The molecule has 0 fully saturated rings. The Morgan fingerprint density at radius 1 is 1.17 bits per heavy atom. The molecule has 0 aliphatic heterocycles. The zero-order valence-corrected chi connectivity index (χ0v) is 17.9. The van der Waals surface area contributed by atoms with Gasteiger partial charge in [-0.3, -0.25) is 9.59 Å². The first kappa shape index (κ1) is 23.7. The molecule has 0 aliphatic rings. The molecule has 0 radical (unpaired) electrons. The van der Waals surface area contributed by atoms with Gasteiger partial charge in [0.15, 0.2) is 0 Å². The molecule has 162 valence electrons. The number of benzene rings is 2. The lowest BCUT2D eigenvalue weighted by atomic mass is 9.88. The van der Waals surface area contributed by atoms with Crippen molar-refractivity contribution in [3.63, 3.8) is 0 Å². The van der Waals surface area contributed by atoms with E-state index in [0.717, 1.165) is 6.92 Å². The summed E-state index contributed by atoms with van der Waals surface area (Å²) in [5, 5.41) is -0.495. The second-order valence-electron chi connectivity index (χ2n) is 6.82. The Hall–Kier alpha value is -2.54. The minimum Gasteiger partial charge on any atom is -0.458 e. The highest BCUT2D eigenvalue weighted by atomic mass is 35.5. The van der Waals surface area contributed by atoms with Crippen molar-refractivity contribution < 1.29 is 27.5 Å². The van der Waals surface area contributed by atoms with Crippen LogP contribution in [0.15, 0.2) is 36.4 Å². The topological polar surface area (TPSA) is 46.6 Å².